The first kappa shape index (κ1) is 26.4. The predicted molar refractivity (Wildman–Crippen MR) is 153 cm³/mol. The first-order valence-corrected chi connectivity index (χ1v) is 14.0. The third-order valence-electron chi connectivity index (χ3n) is 8.96. The zero-order valence-electron chi connectivity index (χ0n) is 23.3. The van der Waals surface area contributed by atoms with Gasteiger partial charge >= 0.3 is 0 Å². The smallest absolute Gasteiger partial charge is 0.222 e. The number of benzene rings is 2. The Labute approximate surface area is 227 Å². The number of ether oxygens (including phenoxy) is 1. The molecule has 5 heteroatoms. The summed E-state index contributed by atoms with van der Waals surface area (Å²) in [6, 6.07) is 21.1. The van der Waals surface area contributed by atoms with Crippen molar-refractivity contribution in [1.29, 1.82) is 5.41 Å². The molecule has 1 saturated carbocycles. The second-order valence-corrected chi connectivity index (χ2v) is 11.6. The fourth-order valence-corrected chi connectivity index (χ4v) is 6.64. The zero-order chi connectivity index (χ0) is 26.9. The van der Waals surface area contributed by atoms with Gasteiger partial charge in [-0.2, -0.15) is 0 Å². The van der Waals surface area contributed by atoms with Crippen LogP contribution in [0, 0.1) is 16.7 Å². The van der Waals surface area contributed by atoms with Crippen LogP contribution < -0.4 is 0 Å². The topological polar surface area (TPSA) is 56.6 Å². The summed E-state index contributed by atoms with van der Waals surface area (Å²) in [6.07, 6.45) is 2.25. The highest BCUT2D eigenvalue weighted by Crippen LogP contribution is 2.50. The molecule has 5 nitrogen and oxygen atoms in total. The van der Waals surface area contributed by atoms with Gasteiger partial charge in [0.25, 0.3) is 0 Å². The van der Waals surface area contributed by atoms with Gasteiger partial charge in [-0.3, -0.25) is 9.69 Å². The van der Waals surface area contributed by atoms with Gasteiger partial charge in [0.2, 0.25) is 5.91 Å². The molecule has 3 aliphatic rings. The number of hydrogen-bond acceptors (Lipinski definition) is 4. The van der Waals surface area contributed by atoms with E-state index in [1.165, 1.54) is 22.3 Å². The van der Waals surface area contributed by atoms with Crippen LogP contribution in [-0.4, -0.2) is 54.1 Å². The SMILES string of the molecule is CC1=C(C)C2C(=N)C(C)(CN3CCN(C(=O)CCC(c4ccccc4)c4ccccc4)CC3)CC2=C(C)O1. The van der Waals surface area contributed by atoms with E-state index in [-0.39, 0.29) is 23.2 Å². The Balaban J connectivity index is 1.17. The minimum absolute atomic E-state index is 0.0961. The number of amides is 1. The Bertz CT molecular complexity index is 1200. The fraction of sp³-hybridized carbons (Fsp3) is 0.455. The van der Waals surface area contributed by atoms with Crippen molar-refractivity contribution in [2.45, 2.75) is 52.9 Å². The number of nitrogens with zero attached hydrogens (tertiary/aromatic N) is 2. The lowest BCUT2D eigenvalue weighted by Crippen LogP contribution is -2.51. The van der Waals surface area contributed by atoms with Crippen LogP contribution in [0.1, 0.15) is 64.0 Å². The zero-order valence-corrected chi connectivity index (χ0v) is 23.3. The van der Waals surface area contributed by atoms with Gasteiger partial charge in [0, 0.05) is 62.1 Å². The van der Waals surface area contributed by atoms with Crippen LogP contribution in [0.2, 0.25) is 0 Å². The molecule has 0 spiro atoms. The standard InChI is InChI=1S/C33H41N3O2/c1-23-24(2)38-25(3)29-21-33(4,32(34)31(23)29)22-35-17-19-36(20-18-35)30(37)16-15-28(26-11-7-5-8-12-26)27-13-9-6-10-14-27/h5-14,28,31,34H,15-22H2,1-4H3. The van der Waals surface area contributed by atoms with Gasteiger partial charge in [-0.25, -0.2) is 0 Å². The van der Waals surface area contributed by atoms with E-state index < -0.39 is 0 Å². The normalized spacial score (nSPS) is 24.2. The minimum Gasteiger partial charge on any atom is -0.467 e. The van der Waals surface area contributed by atoms with Crippen LogP contribution in [0.15, 0.2) is 83.3 Å². The van der Waals surface area contributed by atoms with Crippen molar-refractivity contribution in [1.82, 2.24) is 9.80 Å². The number of fused-ring (bicyclic) bond motifs is 1. The molecule has 0 aromatic heterocycles. The molecular weight excluding hydrogens is 470 g/mol. The Morgan fingerprint density at radius 1 is 0.947 bits per heavy atom. The molecule has 2 unspecified atom stereocenters. The van der Waals surface area contributed by atoms with Crippen molar-refractivity contribution < 1.29 is 9.53 Å². The largest absolute Gasteiger partial charge is 0.467 e. The number of nitrogens with one attached hydrogen (secondary N) is 1. The number of hydrogen-bond donors (Lipinski definition) is 1. The van der Waals surface area contributed by atoms with E-state index in [2.05, 4.69) is 67.3 Å². The van der Waals surface area contributed by atoms with E-state index in [4.69, 9.17) is 10.1 Å². The minimum atomic E-state index is -0.193. The molecule has 1 N–H and O–H groups in total. The maximum Gasteiger partial charge on any atom is 0.222 e. The Hall–Kier alpha value is -3.18. The van der Waals surface area contributed by atoms with Crippen molar-refractivity contribution in [2.75, 3.05) is 32.7 Å². The molecule has 200 valence electrons. The lowest BCUT2D eigenvalue weighted by atomic mass is 9.83. The summed E-state index contributed by atoms with van der Waals surface area (Å²) >= 11 is 0. The van der Waals surface area contributed by atoms with Crippen LogP contribution in [0.25, 0.3) is 0 Å². The highest BCUT2D eigenvalue weighted by Gasteiger charge is 2.48. The molecule has 2 heterocycles. The molecule has 0 radical (unpaired) electrons. The van der Waals surface area contributed by atoms with Crippen molar-refractivity contribution >= 4 is 11.6 Å². The Morgan fingerprint density at radius 2 is 1.53 bits per heavy atom. The second kappa shape index (κ2) is 10.9. The second-order valence-electron chi connectivity index (χ2n) is 11.6. The maximum atomic E-state index is 13.3. The van der Waals surface area contributed by atoms with E-state index in [1.54, 1.807) is 0 Å². The van der Waals surface area contributed by atoms with Crippen LogP contribution in [0.3, 0.4) is 0 Å². The summed E-state index contributed by atoms with van der Waals surface area (Å²) in [5, 5.41) is 9.09. The van der Waals surface area contributed by atoms with Gasteiger partial charge in [-0.1, -0.05) is 67.6 Å². The third kappa shape index (κ3) is 5.22. The monoisotopic (exact) mass is 511 g/mol. The maximum absolute atomic E-state index is 13.3. The summed E-state index contributed by atoms with van der Waals surface area (Å²) in [6.45, 7) is 12.5. The van der Waals surface area contributed by atoms with Gasteiger partial charge in [0.05, 0.1) is 0 Å². The lowest BCUT2D eigenvalue weighted by Gasteiger charge is -2.39. The Morgan fingerprint density at radius 3 is 2.11 bits per heavy atom. The van der Waals surface area contributed by atoms with Crippen molar-refractivity contribution in [3.8, 4) is 0 Å². The van der Waals surface area contributed by atoms with Crippen molar-refractivity contribution in [3.63, 3.8) is 0 Å². The summed E-state index contributed by atoms with van der Waals surface area (Å²) in [7, 11) is 0. The van der Waals surface area contributed by atoms with E-state index in [0.717, 1.165) is 62.8 Å². The molecule has 2 aromatic carbocycles. The van der Waals surface area contributed by atoms with Crippen LogP contribution in [0.5, 0.6) is 0 Å². The van der Waals surface area contributed by atoms with Gasteiger partial charge in [-0.15, -0.1) is 0 Å². The summed E-state index contributed by atoms with van der Waals surface area (Å²) in [5.41, 5.74) is 5.61. The first-order chi connectivity index (χ1) is 18.3. The molecule has 2 aromatic rings. The average Bonchev–Trinajstić information content (AvgIpc) is 3.19. The number of carbonyl (C=O) groups excluding carboxylic acids is 1. The van der Waals surface area contributed by atoms with Crippen LogP contribution in [0.4, 0.5) is 0 Å². The lowest BCUT2D eigenvalue weighted by molar-refractivity contribution is -0.133. The molecule has 2 atom stereocenters. The van der Waals surface area contributed by atoms with Crippen LogP contribution >= 0.6 is 0 Å². The highest BCUT2D eigenvalue weighted by molar-refractivity contribution is 5.97. The van der Waals surface area contributed by atoms with Gasteiger partial charge in [0.15, 0.2) is 0 Å². The number of carbonyl (C=O) groups is 1. The molecule has 5 rings (SSSR count). The summed E-state index contributed by atoms with van der Waals surface area (Å²) in [5.74, 6) is 2.49. The van der Waals surface area contributed by atoms with Crippen LogP contribution in [-0.2, 0) is 9.53 Å². The predicted octanol–water partition coefficient (Wildman–Crippen LogP) is 6.39. The molecule has 0 bridgehead atoms. The summed E-state index contributed by atoms with van der Waals surface area (Å²) in [4.78, 5) is 17.8. The Kier molecular flexibility index (Phi) is 7.58. The molecule has 1 aliphatic carbocycles. The molecule has 2 fully saturated rings. The van der Waals surface area contributed by atoms with Gasteiger partial charge in [-0.05, 0) is 55.9 Å². The van der Waals surface area contributed by atoms with Gasteiger partial charge < -0.3 is 15.0 Å². The molecule has 1 saturated heterocycles. The quantitative estimate of drug-likeness (QED) is 0.469. The van der Waals surface area contributed by atoms with E-state index in [1.807, 2.05) is 30.9 Å². The van der Waals surface area contributed by atoms with E-state index in [0.29, 0.717) is 6.42 Å². The average molecular weight is 512 g/mol. The third-order valence-corrected chi connectivity index (χ3v) is 8.96. The van der Waals surface area contributed by atoms with E-state index in [9.17, 15) is 4.79 Å². The number of allylic oxidation sites excluding steroid dienone is 4. The van der Waals surface area contributed by atoms with Gasteiger partial charge in [0.1, 0.15) is 11.5 Å². The fourth-order valence-electron chi connectivity index (χ4n) is 6.64. The molecule has 1 amide bonds. The highest BCUT2D eigenvalue weighted by atomic mass is 16.5. The number of piperazine rings is 1. The van der Waals surface area contributed by atoms with E-state index >= 15 is 0 Å². The summed E-state index contributed by atoms with van der Waals surface area (Å²) < 4.78 is 5.99. The first-order valence-electron chi connectivity index (χ1n) is 14.0. The molecule has 2 aliphatic heterocycles. The van der Waals surface area contributed by atoms with Crippen molar-refractivity contribution in [2.24, 2.45) is 11.3 Å². The molecule has 38 heavy (non-hydrogen) atoms. The molecular formula is C33H41N3O2. The van der Waals surface area contributed by atoms with Crippen molar-refractivity contribution in [3.05, 3.63) is 94.5 Å². The number of rotatable bonds is 7.